The summed E-state index contributed by atoms with van der Waals surface area (Å²) >= 11 is 6.02. The third-order valence-electron chi connectivity index (χ3n) is 2.00. The first-order valence-corrected chi connectivity index (χ1v) is 4.73. The van der Waals surface area contributed by atoms with Crippen LogP contribution >= 0.6 is 11.6 Å². The van der Waals surface area contributed by atoms with Gasteiger partial charge in [0.05, 0.1) is 11.6 Å². The zero-order valence-corrected chi connectivity index (χ0v) is 8.29. The molecule has 0 amide bonds. The van der Waals surface area contributed by atoms with Gasteiger partial charge in [-0.25, -0.2) is 0 Å². The van der Waals surface area contributed by atoms with Crippen LogP contribution in [-0.4, -0.2) is 0 Å². The molecule has 0 radical (unpaired) electrons. The highest BCUT2D eigenvalue weighted by atomic mass is 35.5. The number of halogens is 1. The lowest BCUT2D eigenvalue weighted by atomic mass is 10.2. The minimum absolute atomic E-state index is 0.407. The summed E-state index contributed by atoms with van der Waals surface area (Å²) in [6.07, 6.45) is 0. The van der Waals surface area contributed by atoms with Gasteiger partial charge in [-0.2, -0.15) is 0 Å². The molecule has 3 heteroatoms. The van der Waals surface area contributed by atoms with Gasteiger partial charge in [0.2, 0.25) is 0 Å². The van der Waals surface area contributed by atoms with Crippen molar-refractivity contribution < 1.29 is 4.42 Å². The lowest BCUT2D eigenvalue weighted by Crippen LogP contribution is -1.92. The zero-order chi connectivity index (χ0) is 9.97. The van der Waals surface area contributed by atoms with Crippen LogP contribution in [-0.2, 0) is 6.54 Å². The van der Waals surface area contributed by atoms with E-state index in [2.05, 4.69) is 0 Å². The van der Waals surface area contributed by atoms with Crippen LogP contribution in [0.3, 0.4) is 0 Å². The SMILES string of the molecule is NCc1ccc(-c2ccccc2Cl)o1. The Labute approximate surface area is 87.3 Å². The topological polar surface area (TPSA) is 39.2 Å². The van der Waals surface area contributed by atoms with Crippen LogP contribution < -0.4 is 5.73 Å². The standard InChI is InChI=1S/C11H10ClNO/c12-10-4-2-1-3-9(10)11-6-5-8(7-13)14-11/h1-6H,7,13H2. The summed E-state index contributed by atoms with van der Waals surface area (Å²) in [5, 5.41) is 0.686. The molecular weight excluding hydrogens is 198 g/mol. The molecule has 0 unspecified atom stereocenters. The molecule has 0 fully saturated rings. The van der Waals surface area contributed by atoms with Crippen molar-refractivity contribution in [2.75, 3.05) is 0 Å². The van der Waals surface area contributed by atoms with Gasteiger partial charge in [-0.3, -0.25) is 0 Å². The molecular formula is C11H10ClNO. The Morgan fingerprint density at radius 2 is 1.93 bits per heavy atom. The Hall–Kier alpha value is -1.25. The molecule has 2 nitrogen and oxygen atoms in total. The molecule has 72 valence electrons. The predicted octanol–water partition coefficient (Wildman–Crippen LogP) is 3.06. The lowest BCUT2D eigenvalue weighted by Gasteiger charge is -1.99. The maximum Gasteiger partial charge on any atom is 0.135 e. The van der Waals surface area contributed by atoms with Crippen LogP contribution in [0, 0.1) is 0 Å². The summed E-state index contributed by atoms with van der Waals surface area (Å²) in [6, 6.07) is 11.3. The number of nitrogens with two attached hydrogens (primary N) is 1. The molecule has 1 heterocycles. The molecule has 1 aromatic carbocycles. The van der Waals surface area contributed by atoms with Crippen molar-refractivity contribution in [3.05, 3.63) is 47.2 Å². The minimum atomic E-state index is 0.407. The van der Waals surface area contributed by atoms with Gasteiger partial charge in [0, 0.05) is 5.56 Å². The third kappa shape index (κ3) is 1.67. The Morgan fingerprint density at radius 3 is 2.57 bits per heavy atom. The molecule has 0 spiro atoms. The van der Waals surface area contributed by atoms with E-state index in [0.717, 1.165) is 17.1 Å². The number of benzene rings is 1. The third-order valence-corrected chi connectivity index (χ3v) is 2.33. The molecule has 2 aromatic rings. The van der Waals surface area contributed by atoms with Crippen LogP contribution in [0.15, 0.2) is 40.8 Å². The quantitative estimate of drug-likeness (QED) is 0.822. The molecule has 2 N–H and O–H groups in total. The van der Waals surface area contributed by atoms with E-state index in [0.29, 0.717) is 11.6 Å². The van der Waals surface area contributed by atoms with Crippen molar-refractivity contribution in [3.8, 4) is 11.3 Å². The largest absolute Gasteiger partial charge is 0.460 e. The molecule has 0 bridgehead atoms. The maximum atomic E-state index is 6.02. The summed E-state index contributed by atoms with van der Waals surface area (Å²) in [4.78, 5) is 0. The fraction of sp³-hybridized carbons (Fsp3) is 0.0909. The molecule has 0 saturated carbocycles. The normalized spacial score (nSPS) is 10.4. The van der Waals surface area contributed by atoms with Gasteiger partial charge < -0.3 is 10.2 Å². The van der Waals surface area contributed by atoms with Crippen molar-refractivity contribution >= 4 is 11.6 Å². The van der Waals surface area contributed by atoms with E-state index in [-0.39, 0.29) is 0 Å². The first-order valence-electron chi connectivity index (χ1n) is 4.35. The van der Waals surface area contributed by atoms with Crippen molar-refractivity contribution in [3.63, 3.8) is 0 Å². The van der Waals surface area contributed by atoms with Crippen LogP contribution in [0.1, 0.15) is 5.76 Å². The van der Waals surface area contributed by atoms with Crippen LogP contribution in [0.2, 0.25) is 5.02 Å². The minimum Gasteiger partial charge on any atom is -0.460 e. The zero-order valence-electron chi connectivity index (χ0n) is 7.53. The van der Waals surface area contributed by atoms with Crippen LogP contribution in [0.4, 0.5) is 0 Å². The second kappa shape index (κ2) is 3.86. The van der Waals surface area contributed by atoms with E-state index in [4.69, 9.17) is 21.8 Å². The van der Waals surface area contributed by atoms with Crippen LogP contribution in [0.25, 0.3) is 11.3 Å². The Morgan fingerprint density at radius 1 is 1.14 bits per heavy atom. The van der Waals surface area contributed by atoms with Gasteiger partial charge in [0.15, 0.2) is 0 Å². The molecule has 14 heavy (non-hydrogen) atoms. The Bertz CT molecular complexity index is 436. The molecule has 0 aliphatic rings. The highest BCUT2D eigenvalue weighted by Gasteiger charge is 2.06. The predicted molar refractivity (Wildman–Crippen MR) is 57.0 cm³/mol. The first-order chi connectivity index (χ1) is 6.81. The second-order valence-corrected chi connectivity index (χ2v) is 3.36. The van der Waals surface area contributed by atoms with Gasteiger partial charge in [0.1, 0.15) is 11.5 Å². The lowest BCUT2D eigenvalue weighted by molar-refractivity contribution is 0.525. The first kappa shape index (κ1) is 9.31. The molecule has 0 saturated heterocycles. The number of rotatable bonds is 2. The number of furan rings is 1. The number of hydrogen-bond donors (Lipinski definition) is 1. The summed E-state index contributed by atoms with van der Waals surface area (Å²) in [6.45, 7) is 0.407. The van der Waals surface area contributed by atoms with Crippen LogP contribution in [0.5, 0.6) is 0 Å². The Kier molecular flexibility index (Phi) is 2.57. The highest BCUT2D eigenvalue weighted by Crippen LogP contribution is 2.28. The van der Waals surface area contributed by atoms with E-state index < -0.39 is 0 Å². The Balaban J connectivity index is 2.44. The summed E-state index contributed by atoms with van der Waals surface area (Å²) < 4.78 is 5.49. The summed E-state index contributed by atoms with van der Waals surface area (Å²) in [5.74, 6) is 1.52. The van der Waals surface area contributed by atoms with Crippen molar-refractivity contribution in [2.24, 2.45) is 5.73 Å². The van der Waals surface area contributed by atoms with Gasteiger partial charge in [0.25, 0.3) is 0 Å². The van der Waals surface area contributed by atoms with Crippen molar-refractivity contribution in [1.82, 2.24) is 0 Å². The van der Waals surface area contributed by atoms with E-state index >= 15 is 0 Å². The van der Waals surface area contributed by atoms with E-state index in [9.17, 15) is 0 Å². The van der Waals surface area contributed by atoms with Crippen molar-refractivity contribution in [2.45, 2.75) is 6.54 Å². The van der Waals surface area contributed by atoms with Gasteiger partial charge in [-0.1, -0.05) is 23.7 Å². The van der Waals surface area contributed by atoms with E-state index in [1.807, 2.05) is 36.4 Å². The molecule has 2 rings (SSSR count). The average Bonchev–Trinajstić information content (AvgIpc) is 2.67. The fourth-order valence-corrected chi connectivity index (χ4v) is 1.52. The highest BCUT2D eigenvalue weighted by molar-refractivity contribution is 6.33. The summed E-state index contributed by atoms with van der Waals surface area (Å²) in [5.41, 5.74) is 6.35. The second-order valence-electron chi connectivity index (χ2n) is 2.95. The average molecular weight is 208 g/mol. The smallest absolute Gasteiger partial charge is 0.135 e. The van der Waals surface area contributed by atoms with Gasteiger partial charge >= 0.3 is 0 Å². The maximum absolute atomic E-state index is 6.02. The van der Waals surface area contributed by atoms with E-state index in [1.54, 1.807) is 0 Å². The molecule has 0 atom stereocenters. The molecule has 1 aromatic heterocycles. The fourth-order valence-electron chi connectivity index (χ4n) is 1.29. The molecule has 0 aliphatic heterocycles. The van der Waals surface area contributed by atoms with E-state index in [1.165, 1.54) is 0 Å². The number of hydrogen-bond acceptors (Lipinski definition) is 2. The van der Waals surface area contributed by atoms with Gasteiger partial charge in [-0.15, -0.1) is 0 Å². The molecule has 0 aliphatic carbocycles. The van der Waals surface area contributed by atoms with Crippen molar-refractivity contribution in [1.29, 1.82) is 0 Å². The summed E-state index contributed by atoms with van der Waals surface area (Å²) in [7, 11) is 0. The monoisotopic (exact) mass is 207 g/mol. The van der Waals surface area contributed by atoms with Gasteiger partial charge in [-0.05, 0) is 24.3 Å².